The standard InChI is InChI=1S/C15H13N3O3S/c1-20-10-5-6-11(21-2)13-12(10)17-15(22-13)18-14(19)9-4-3-7-16-8-9/h3-8H,1-2H3,(H,17,18,19). The summed E-state index contributed by atoms with van der Waals surface area (Å²) in [5.74, 6) is 1.06. The van der Waals surface area contributed by atoms with Crippen molar-refractivity contribution in [2.75, 3.05) is 19.5 Å². The van der Waals surface area contributed by atoms with E-state index in [2.05, 4.69) is 15.3 Å². The van der Waals surface area contributed by atoms with Crippen LogP contribution in [0.25, 0.3) is 10.2 Å². The molecule has 7 heteroatoms. The molecule has 0 aliphatic carbocycles. The lowest BCUT2D eigenvalue weighted by Crippen LogP contribution is -2.11. The van der Waals surface area contributed by atoms with Crippen LogP contribution in [-0.2, 0) is 0 Å². The minimum atomic E-state index is -0.259. The molecule has 0 spiro atoms. The van der Waals surface area contributed by atoms with E-state index in [9.17, 15) is 4.79 Å². The molecule has 22 heavy (non-hydrogen) atoms. The van der Waals surface area contributed by atoms with E-state index in [1.54, 1.807) is 38.6 Å². The Morgan fingerprint density at radius 1 is 1.18 bits per heavy atom. The lowest BCUT2D eigenvalue weighted by Gasteiger charge is -2.03. The Morgan fingerprint density at radius 2 is 1.95 bits per heavy atom. The maximum absolute atomic E-state index is 12.2. The van der Waals surface area contributed by atoms with E-state index in [0.717, 1.165) is 4.70 Å². The maximum Gasteiger partial charge on any atom is 0.259 e. The zero-order valence-electron chi connectivity index (χ0n) is 12.0. The lowest BCUT2D eigenvalue weighted by molar-refractivity contribution is 0.102. The first-order valence-corrected chi connectivity index (χ1v) is 7.27. The Balaban J connectivity index is 1.97. The molecule has 0 bridgehead atoms. The minimum absolute atomic E-state index is 0.259. The van der Waals surface area contributed by atoms with Crippen LogP contribution in [0.2, 0.25) is 0 Å². The number of ether oxygens (including phenoxy) is 2. The first-order chi connectivity index (χ1) is 10.7. The molecule has 0 saturated heterocycles. The monoisotopic (exact) mass is 315 g/mol. The van der Waals surface area contributed by atoms with Gasteiger partial charge in [0.25, 0.3) is 5.91 Å². The number of nitrogens with one attached hydrogen (secondary N) is 1. The van der Waals surface area contributed by atoms with Gasteiger partial charge in [0, 0.05) is 12.4 Å². The minimum Gasteiger partial charge on any atom is -0.495 e. The number of hydrogen-bond donors (Lipinski definition) is 1. The Hall–Kier alpha value is -2.67. The number of benzene rings is 1. The van der Waals surface area contributed by atoms with Crippen molar-refractivity contribution in [3.05, 3.63) is 42.2 Å². The average Bonchev–Trinajstić information content (AvgIpc) is 2.98. The van der Waals surface area contributed by atoms with Crippen LogP contribution < -0.4 is 14.8 Å². The van der Waals surface area contributed by atoms with Gasteiger partial charge < -0.3 is 9.47 Å². The van der Waals surface area contributed by atoms with Gasteiger partial charge in [0.05, 0.1) is 19.8 Å². The summed E-state index contributed by atoms with van der Waals surface area (Å²) in [5, 5.41) is 3.25. The van der Waals surface area contributed by atoms with Gasteiger partial charge in [-0.05, 0) is 24.3 Å². The molecular formula is C15H13N3O3S. The molecular weight excluding hydrogens is 302 g/mol. The Kier molecular flexibility index (Phi) is 3.88. The summed E-state index contributed by atoms with van der Waals surface area (Å²) in [6, 6.07) is 7.00. The highest BCUT2D eigenvalue weighted by Gasteiger charge is 2.15. The van der Waals surface area contributed by atoms with Gasteiger partial charge in [-0.1, -0.05) is 11.3 Å². The van der Waals surface area contributed by atoms with E-state index in [1.807, 2.05) is 6.07 Å². The van der Waals surface area contributed by atoms with E-state index >= 15 is 0 Å². The van der Waals surface area contributed by atoms with Crippen molar-refractivity contribution < 1.29 is 14.3 Å². The third kappa shape index (κ3) is 2.58. The average molecular weight is 315 g/mol. The van der Waals surface area contributed by atoms with Crippen molar-refractivity contribution in [2.45, 2.75) is 0 Å². The Bertz CT molecular complexity index is 777. The van der Waals surface area contributed by atoms with Crippen molar-refractivity contribution in [2.24, 2.45) is 0 Å². The fourth-order valence-corrected chi connectivity index (χ4v) is 2.97. The summed E-state index contributed by atoms with van der Waals surface area (Å²) >= 11 is 1.33. The number of carbonyl (C=O) groups is 1. The third-order valence-corrected chi connectivity index (χ3v) is 4.04. The molecule has 0 radical (unpaired) electrons. The van der Waals surface area contributed by atoms with Crippen molar-refractivity contribution in [3.63, 3.8) is 0 Å². The predicted molar refractivity (Wildman–Crippen MR) is 84.9 cm³/mol. The van der Waals surface area contributed by atoms with Crippen LogP contribution in [0.4, 0.5) is 5.13 Å². The first kappa shape index (κ1) is 14.3. The second-order valence-electron chi connectivity index (χ2n) is 4.36. The molecule has 0 aliphatic rings. The second-order valence-corrected chi connectivity index (χ2v) is 5.36. The van der Waals surface area contributed by atoms with Gasteiger partial charge in [-0.15, -0.1) is 0 Å². The number of rotatable bonds is 4. The van der Waals surface area contributed by atoms with E-state index in [0.29, 0.717) is 27.7 Å². The van der Waals surface area contributed by atoms with Crippen LogP contribution >= 0.6 is 11.3 Å². The highest BCUT2D eigenvalue weighted by atomic mass is 32.1. The van der Waals surface area contributed by atoms with Crippen molar-refractivity contribution in [1.82, 2.24) is 9.97 Å². The number of methoxy groups -OCH3 is 2. The van der Waals surface area contributed by atoms with Crippen molar-refractivity contribution >= 4 is 32.6 Å². The van der Waals surface area contributed by atoms with Gasteiger partial charge in [-0.25, -0.2) is 4.98 Å². The highest BCUT2D eigenvalue weighted by Crippen LogP contribution is 2.38. The zero-order chi connectivity index (χ0) is 15.5. The van der Waals surface area contributed by atoms with Crippen LogP contribution in [0, 0.1) is 0 Å². The van der Waals surface area contributed by atoms with Gasteiger partial charge in [0.1, 0.15) is 21.7 Å². The normalized spacial score (nSPS) is 10.5. The predicted octanol–water partition coefficient (Wildman–Crippen LogP) is 2.96. The molecule has 1 N–H and O–H groups in total. The number of thiazole rings is 1. The number of pyridine rings is 1. The fourth-order valence-electron chi connectivity index (χ4n) is 2.01. The zero-order valence-corrected chi connectivity index (χ0v) is 12.8. The van der Waals surface area contributed by atoms with Crippen LogP contribution in [0.5, 0.6) is 11.5 Å². The SMILES string of the molecule is COc1ccc(OC)c2sc(NC(=O)c3cccnc3)nc12. The van der Waals surface area contributed by atoms with E-state index < -0.39 is 0 Å². The van der Waals surface area contributed by atoms with E-state index in [-0.39, 0.29) is 5.91 Å². The smallest absolute Gasteiger partial charge is 0.259 e. The Morgan fingerprint density at radius 3 is 2.64 bits per heavy atom. The van der Waals surface area contributed by atoms with Crippen molar-refractivity contribution in [3.8, 4) is 11.5 Å². The molecule has 112 valence electrons. The maximum atomic E-state index is 12.2. The molecule has 1 amide bonds. The van der Waals surface area contributed by atoms with Crippen LogP contribution in [0.15, 0.2) is 36.7 Å². The summed E-state index contributed by atoms with van der Waals surface area (Å²) < 4.78 is 11.4. The molecule has 6 nitrogen and oxygen atoms in total. The third-order valence-electron chi connectivity index (χ3n) is 3.05. The molecule has 3 rings (SSSR count). The topological polar surface area (TPSA) is 73.3 Å². The number of anilines is 1. The molecule has 2 heterocycles. The van der Waals surface area contributed by atoms with Crippen LogP contribution in [0.1, 0.15) is 10.4 Å². The van der Waals surface area contributed by atoms with Gasteiger partial charge >= 0.3 is 0 Å². The number of nitrogens with zero attached hydrogens (tertiary/aromatic N) is 2. The van der Waals surface area contributed by atoms with Gasteiger partial charge in [-0.3, -0.25) is 15.1 Å². The fraction of sp³-hybridized carbons (Fsp3) is 0.133. The number of aromatic nitrogens is 2. The van der Waals surface area contributed by atoms with E-state index in [1.165, 1.54) is 17.5 Å². The molecule has 0 saturated carbocycles. The van der Waals surface area contributed by atoms with Crippen molar-refractivity contribution in [1.29, 1.82) is 0 Å². The van der Waals surface area contributed by atoms with Gasteiger partial charge in [0.15, 0.2) is 5.13 Å². The largest absolute Gasteiger partial charge is 0.495 e. The second kappa shape index (κ2) is 5.98. The summed E-state index contributed by atoms with van der Waals surface area (Å²) in [4.78, 5) is 20.5. The summed E-state index contributed by atoms with van der Waals surface area (Å²) in [7, 11) is 3.17. The molecule has 0 atom stereocenters. The molecule has 0 unspecified atom stereocenters. The first-order valence-electron chi connectivity index (χ1n) is 6.46. The summed E-state index contributed by atoms with van der Waals surface area (Å²) in [5.41, 5.74) is 1.13. The molecule has 3 aromatic rings. The number of fused-ring (bicyclic) bond motifs is 1. The highest BCUT2D eigenvalue weighted by molar-refractivity contribution is 7.22. The number of carbonyl (C=O) groups excluding carboxylic acids is 1. The van der Waals surface area contributed by atoms with E-state index in [4.69, 9.17) is 9.47 Å². The van der Waals surface area contributed by atoms with Gasteiger partial charge in [-0.2, -0.15) is 0 Å². The lowest BCUT2D eigenvalue weighted by atomic mass is 10.3. The van der Waals surface area contributed by atoms with Crippen LogP contribution in [-0.4, -0.2) is 30.1 Å². The molecule has 2 aromatic heterocycles. The van der Waals surface area contributed by atoms with Gasteiger partial charge in [0.2, 0.25) is 0 Å². The Labute approximate surface area is 130 Å². The number of amides is 1. The molecule has 1 aromatic carbocycles. The quantitative estimate of drug-likeness (QED) is 0.801. The summed E-state index contributed by atoms with van der Waals surface area (Å²) in [6.45, 7) is 0. The van der Waals surface area contributed by atoms with Crippen LogP contribution in [0.3, 0.4) is 0 Å². The molecule has 0 fully saturated rings. The number of hydrogen-bond acceptors (Lipinski definition) is 6. The molecule has 0 aliphatic heterocycles. The summed E-state index contributed by atoms with van der Waals surface area (Å²) in [6.07, 6.45) is 3.12.